The maximum Gasteiger partial charge on any atom is 0.167 e. The molecule has 1 heterocycles. The van der Waals surface area contributed by atoms with Crippen LogP contribution >= 0.6 is 0 Å². The minimum atomic E-state index is -0.266. The van der Waals surface area contributed by atoms with Gasteiger partial charge in [0.2, 0.25) is 0 Å². The average molecular weight is 176 g/mol. The predicted molar refractivity (Wildman–Crippen MR) is 46.4 cm³/mol. The summed E-state index contributed by atoms with van der Waals surface area (Å²) in [6.45, 7) is 3.61. The Morgan fingerprint density at radius 1 is 1.23 bits per heavy atom. The van der Waals surface area contributed by atoms with Crippen LogP contribution in [0.2, 0.25) is 0 Å². The SMILES string of the molecule is [CH2]c1cc(-c2ccc(F)cc2)on1. The highest BCUT2D eigenvalue weighted by atomic mass is 19.1. The third kappa shape index (κ3) is 1.59. The molecule has 0 bridgehead atoms. The van der Waals surface area contributed by atoms with E-state index in [1.165, 1.54) is 12.1 Å². The molecule has 0 unspecified atom stereocenters. The van der Waals surface area contributed by atoms with Crippen molar-refractivity contribution < 1.29 is 8.91 Å². The Kier molecular flexibility index (Phi) is 1.85. The number of halogens is 1. The van der Waals surface area contributed by atoms with E-state index >= 15 is 0 Å². The van der Waals surface area contributed by atoms with Crippen molar-refractivity contribution in [2.45, 2.75) is 0 Å². The quantitative estimate of drug-likeness (QED) is 0.667. The summed E-state index contributed by atoms with van der Waals surface area (Å²) in [6, 6.07) is 7.72. The molecule has 1 radical (unpaired) electrons. The Bertz CT molecular complexity index is 405. The van der Waals surface area contributed by atoms with E-state index in [1.54, 1.807) is 18.2 Å². The number of hydrogen-bond donors (Lipinski definition) is 0. The van der Waals surface area contributed by atoms with Crippen LogP contribution in [0.4, 0.5) is 4.39 Å². The van der Waals surface area contributed by atoms with E-state index in [0.29, 0.717) is 11.5 Å². The Morgan fingerprint density at radius 2 is 1.92 bits per heavy atom. The van der Waals surface area contributed by atoms with Crippen LogP contribution in [0.15, 0.2) is 34.9 Å². The summed E-state index contributed by atoms with van der Waals surface area (Å²) in [7, 11) is 0. The lowest BCUT2D eigenvalue weighted by atomic mass is 10.1. The largest absolute Gasteiger partial charge is 0.356 e. The molecule has 0 aliphatic heterocycles. The van der Waals surface area contributed by atoms with Crippen LogP contribution in [-0.4, -0.2) is 5.16 Å². The van der Waals surface area contributed by atoms with E-state index in [2.05, 4.69) is 12.1 Å². The Labute approximate surface area is 75.0 Å². The molecule has 0 N–H and O–H groups in total. The van der Waals surface area contributed by atoms with Gasteiger partial charge in [-0.1, -0.05) is 5.16 Å². The fraction of sp³-hybridized carbons (Fsp3) is 0. The van der Waals surface area contributed by atoms with Gasteiger partial charge in [0.25, 0.3) is 0 Å². The molecule has 0 spiro atoms. The lowest BCUT2D eigenvalue weighted by molar-refractivity contribution is 0.429. The van der Waals surface area contributed by atoms with Crippen molar-refractivity contribution in [3.8, 4) is 11.3 Å². The highest BCUT2D eigenvalue weighted by Gasteiger charge is 2.03. The maximum atomic E-state index is 12.5. The Morgan fingerprint density at radius 3 is 2.46 bits per heavy atom. The third-order valence-electron chi connectivity index (χ3n) is 1.69. The van der Waals surface area contributed by atoms with Gasteiger partial charge >= 0.3 is 0 Å². The molecular formula is C10H7FNO. The first kappa shape index (κ1) is 7.98. The van der Waals surface area contributed by atoms with Gasteiger partial charge < -0.3 is 4.52 Å². The van der Waals surface area contributed by atoms with Gasteiger partial charge in [-0.2, -0.15) is 0 Å². The molecule has 13 heavy (non-hydrogen) atoms. The first-order valence-corrected chi connectivity index (χ1v) is 3.80. The fourth-order valence-corrected chi connectivity index (χ4v) is 1.06. The Balaban J connectivity index is 2.41. The van der Waals surface area contributed by atoms with Crippen molar-refractivity contribution in [2.75, 3.05) is 0 Å². The second-order valence-electron chi connectivity index (χ2n) is 2.69. The van der Waals surface area contributed by atoms with Crippen molar-refractivity contribution in [1.82, 2.24) is 5.16 Å². The molecule has 0 fully saturated rings. The molecule has 0 aliphatic carbocycles. The molecule has 1 aromatic carbocycles. The molecule has 2 aromatic rings. The fourth-order valence-electron chi connectivity index (χ4n) is 1.06. The van der Waals surface area contributed by atoms with E-state index in [-0.39, 0.29) is 5.82 Å². The summed E-state index contributed by atoms with van der Waals surface area (Å²) in [6.07, 6.45) is 0. The second-order valence-corrected chi connectivity index (χ2v) is 2.69. The topological polar surface area (TPSA) is 26.0 Å². The van der Waals surface area contributed by atoms with Crippen LogP contribution in [0.1, 0.15) is 5.69 Å². The van der Waals surface area contributed by atoms with Crippen molar-refractivity contribution >= 4 is 0 Å². The standard InChI is InChI=1S/C10H7FNO/c1-7-6-10(13-12-7)8-2-4-9(11)5-3-8/h2-6H,1H2. The summed E-state index contributed by atoms with van der Waals surface area (Å²) in [4.78, 5) is 0. The number of aromatic nitrogens is 1. The first-order valence-electron chi connectivity index (χ1n) is 3.80. The molecule has 0 atom stereocenters. The molecule has 0 aliphatic rings. The zero-order valence-electron chi connectivity index (χ0n) is 6.83. The highest BCUT2D eigenvalue weighted by Crippen LogP contribution is 2.19. The van der Waals surface area contributed by atoms with E-state index in [1.807, 2.05) is 0 Å². The Hall–Kier alpha value is -1.64. The minimum absolute atomic E-state index is 0.266. The van der Waals surface area contributed by atoms with Crippen molar-refractivity contribution in [2.24, 2.45) is 0 Å². The maximum absolute atomic E-state index is 12.5. The van der Waals surface area contributed by atoms with E-state index in [4.69, 9.17) is 4.52 Å². The van der Waals surface area contributed by atoms with E-state index in [0.717, 1.165) is 5.56 Å². The van der Waals surface area contributed by atoms with Crippen LogP contribution in [-0.2, 0) is 0 Å². The van der Waals surface area contributed by atoms with Crippen LogP contribution < -0.4 is 0 Å². The van der Waals surface area contributed by atoms with Gasteiger partial charge in [-0.25, -0.2) is 4.39 Å². The molecule has 1 aromatic heterocycles. The molecule has 0 saturated heterocycles. The normalized spacial score (nSPS) is 10.3. The van der Waals surface area contributed by atoms with Gasteiger partial charge in [0.15, 0.2) is 5.76 Å². The highest BCUT2D eigenvalue weighted by molar-refractivity contribution is 5.57. The smallest absolute Gasteiger partial charge is 0.167 e. The molecular weight excluding hydrogens is 169 g/mol. The summed E-state index contributed by atoms with van der Waals surface area (Å²) < 4.78 is 17.5. The molecule has 3 heteroatoms. The average Bonchev–Trinajstić information content (AvgIpc) is 2.53. The van der Waals surface area contributed by atoms with Crippen LogP contribution in [0.25, 0.3) is 11.3 Å². The van der Waals surface area contributed by atoms with Gasteiger partial charge in [0, 0.05) is 11.6 Å². The molecule has 65 valence electrons. The molecule has 0 amide bonds. The summed E-state index contributed by atoms with van der Waals surface area (Å²) in [5.41, 5.74) is 1.36. The lowest BCUT2D eigenvalue weighted by Gasteiger charge is -1.93. The van der Waals surface area contributed by atoms with Crippen LogP contribution in [0, 0.1) is 12.7 Å². The van der Waals surface area contributed by atoms with Crippen molar-refractivity contribution in [1.29, 1.82) is 0 Å². The van der Waals surface area contributed by atoms with Crippen LogP contribution in [0.5, 0.6) is 0 Å². The first-order chi connectivity index (χ1) is 6.25. The monoisotopic (exact) mass is 176 g/mol. The summed E-state index contributed by atoms with van der Waals surface area (Å²) in [5, 5.41) is 3.64. The lowest BCUT2D eigenvalue weighted by Crippen LogP contribution is -1.75. The van der Waals surface area contributed by atoms with Gasteiger partial charge in [0.1, 0.15) is 5.82 Å². The van der Waals surface area contributed by atoms with Gasteiger partial charge in [-0.15, -0.1) is 0 Å². The van der Waals surface area contributed by atoms with Gasteiger partial charge in [0.05, 0.1) is 5.69 Å². The zero-order valence-corrected chi connectivity index (χ0v) is 6.83. The van der Waals surface area contributed by atoms with Crippen molar-refractivity contribution in [3.05, 3.63) is 48.8 Å². The summed E-state index contributed by atoms with van der Waals surface area (Å²) in [5.74, 6) is 0.336. The number of rotatable bonds is 1. The zero-order chi connectivity index (χ0) is 9.26. The van der Waals surface area contributed by atoms with E-state index in [9.17, 15) is 4.39 Å². The van der Waals surface area contributed by atoms with Gasteiger partial charge in [-0.05, 0) is 31.2 Å². The number of hydrogen-bond acceptors (Lipinski definition) is 2. The second kappa shape index (κ2) is 3.01. The van der Waals surface area contributed by atoms with Crippen LogP contribution in [0.3, 0.4) is 0 Å². The van der Waals surface area contributed by atoms with Crippen molar-refractivity contribution in [3.63, 3.8) is 0 Å². The van der Waals surface area contributed by atoms with E-state index < -0.39 is 0 Å². The summed E-state index contributed by atoms with van der Waals surface area (Å²) >= 11 is 0. The number of nitrogens with zero attached hydrogens (tertiary/aromatic N) is 1. The molecule has 2 nitrogen and oxygen atoms in total. The third-order valence-corrected chi connectivity index (χ3v) is 1.69. The number of benzene rings is 1. The predicted octanol–water partition coefficient (Wildman–Crippen LogP) is 2.66. The molecule has 0 saturated carbocycles. The molecule has 2 rings (SSSR count). The minimum Gasteiger partial charge on any atom is -0.356 e. The van der Waals surface area contributed by atoms with Gasteiger partial charge in [-0.3, -0.25) is 0 Å².